The zero-order valence-corrected chi connectivity index (χ0v) is 10.8. The molecule has 0 atom stereocenters. The number of nitrogens with one attached hydrogen (secondary N) is 1. The summed E-state index contributed by atoms with van der Waals surface area (Å²) in [5, 5.41) is 4.33. The Morgan fingerprint density at radius 3 is 2.88 bits per heavy atom. The van der Waals surface area contributed by atoms with Crippen molar-refractivity contribution >= 4 is 11.3 Å². The van der Waals surface area contributed by atoms with Gasteiger partial charge in [-0.2, -0.15) is 0 Å². The first kappa shape index (κ1) is 11.4. The number of rotatable bonds is 4. The van der Waals surface area contributed by atoms with Gasteiger partial charge in [0.25, 0.3) is 0 Å². The van der Waals surface area contributed by atoms with Crippen LogP contribution >= 0.6 is 11.3 Å². The average Bonchev–Trinajstić information content (AvgIpc) is 2.77. The topological polar surface area (TPSA) is 29.9 Å². The molecule has 0 aliphatic carbocycles. The van der Waals surface area contributed by atoms with E-state index in [9.17, 15) is 0 Å². The standard InChI is InChI=1S/C12H17N3S/c1-9-10(2)16-12(14-9)8-15-5-4-11(7-15)6-13-3/h4-5,7,13H,6,8H2,1-3H3. The summed E-state index contributed by atoms with van der Waals surface area (Å²) < 4.78 is 2.18. The van der Waals surface area contributed by atoms with E-state index in [1.165, 1.54) is 15.4 Å². The van der Waals surface area contributed by atoms with Crippen molar-refractivity contribution in [2.75, 3.05) is 7.05 Å². The Bertz CT molecular complexity index is 451. The van der Waals surface area contributed by atoms with Crippen LogP contribution in [0.3, 0.4) is 0 Å². The van der Waals surface area contributed by atoms with Crippen LogP contribution in [-0.2, 0) is 13.1 Å². The summed E-state index contributed by atoms with van der Waals surface area (Å²) in [6.07, 6.45) is 4.28. The minimum absolute atomic E-state index is 0.878. The minimum Gasteiger partial charge on any atom is -0.347 e. The molecule has 0 aliphatic rings. The molecule has 1 N–H and O–H groups in total. The zero-order valence-electron chi connectivity index (χ0n) is 9.95. The van der Waals surface area contributed by atoms with E-state index < -0.39 is 0 Å². The first-order chi connectivity index (χ1) is 7.69. The first-order valence-electron chi connectivity index (χ1n) is 5.41. The highest BCUT2D eigenvalue weighted by Gasteiger charge is 2.04. The summed E-state index contributed by atoms with van der Waals surface area (Å²) in [5.74, 6) is 0. The largest absolute Gasteiger partial charge is 0.347 e. The van der Waals surface area contributed by atoms with Crippen LogP contribution in [0, 0.1) is 13.8 Å². The molecule has 0 saturated heterocycles. The van der Waals surface area contributed by atoms with Gasteiger partial charge in [-0.25, -0.2) is 4.98 Å². The van der Waals surface area contributed by atoms with Crippen LogP contribution < -0.4 is 5.32 Å². The van der Waals surface area contributed by atoms with E-state index in [1.54, 1.807) is 11.3 Å². The molecule has 0 radical (unpaired) electrons. The second kappa shape index (κ2) is 4.80. The Morgan fingerprint density at radius 2 is 2.25 bits per heavy atom. The van der Waals surface area contributed by atoms with Crippen molar-refractivity contribution in [1.29, 1.82) is 0 Å². The molecule has 16 heavy (non-hydrogen) atoms. The maximum Gasteiger partial charge on any atom is 0.113 e. The molecule has 0 fully saturated rings. The lowest BCUT2D eigenvalue weighted by molar-refractivity contribution is 0.777. The van der Waals surface area contributed by atoms with Gasteiger partial charge < -0.3 is 9.88 Å². The van der Waals surface area contributed by atoms with Crippen LogP contribution in [0.4, 0.5) is 0 Å². The Hall–Kier alpha value is -1.13. The van der Waals surface area contributed by atoms with E-state index in [2.05, 4.69) is 47.2 Å². The molecule has 2 aromatic heterocycles. The van der Waals surface area contributed by atoms with E-state index in [-0.39, 0.29) is 0 Å². The fourth-order valence-electron chi connectivity index (χ4n) is 1.66. The highest BCUT2D eigenvalue weighted by molar-refractivity contribution is 7.11. The van der Waals surface area contributed by atoms with E-state index >= 15 is 0 Å². The Morgan fingerprint density at radius 1 is 1.44 bits per heavy atom. The van der Waals surface area contributed by atoms with Gasteiger partial charge in [0.15, 0.2) is 0 Å². The molecule has 0 saturated carbocycles. The molecule has 2 aromatic rings. The van der Waals surface area contributed by atoms with Crippen LogP contribution in [0.5, 0.6) is 0 Å². The van der Waals surface area contributed by atoms with Crippen molar-refractivity contribution in [2.24, 2.45) is 0 Å². The first-order valence-corrected chi connectivity index (χ1v) is 6.23. The smallest absolute Gasteiger partial charge is 0.113 e. The van der Waals surface area contributed by atoms with Gasteiger partial charge in [-0.3, -0.25) is 0 Å². The SMILES string of the molecule is CNCc1ccn(Cc2nc(C)c(C)s2)c1. The third kappa shape index (κ3) is 2.51. The molecule has 0 amide bonds. The van der Waals surface area contributed by atoms with E-state index in [0.717, 1.165) is 18.8 Å². The van der Waals surface area contributed by atoms with E-state index in [1.807, 2.05) is 7.05 Å². The average molecular weight is 235 g/mol. The van der Waals surface area contributed by atoms with Crippen molar-refractivity contribution in [3.8, 4) is 0 Å². The van der Waals surface area contributed by atoms with Gasteiger partial charge in [-0.1, -0.05) is 0 Å². The summed E-state index contributed by atoms with van der Waals surface area (Å²) in [6, 6.07) is 2.14. The fraction of sp³-hybridized carbons (Fsp3) is 0.417. The molecule has 2 rings (SSSR count). The summed E-state index contributed by atoms with van der Waals surface area (Å²) in [6.45, 7) is 5.99. The lowest BCUT2D eigenvalue weighted by Crippen LogP contribution is -2.04. The van der Waals surface area contributed by atoms with Gasteiger partial charge in [-0.05, 0) is 32.5 Å². The molecule has 3 nitrogen and oxygen atoms in total. The maximum absolute atomic E-state index is 4.54. The van der Waals surface area contributed by atoms with Crippen LogP contribution in [0.1, 0.15) is 21.1 Å². The molecular weight excluding hydrogens is 218 g/mol. The normalized spacial score (nSPS) is 10.9. The summed E-state index contributed by atoms with van der Waals surface area (Å²) in [4.78, 5) is 5.86. The molecule has 4 heteroatoms. The van der Waals surface area contributed by atoms with E-state index in [0.29, 0.717) is 0 Å². The summed E-state index contributed by atoms with van der Waals surface area (Å²) >= 11 is 1.78. The molecule has 86 valence electrons. The lowest BCUT2D eigenvalue weighted by atomic mass is 10.3. The minimum atomic E-state index is 0.878. The van der Waals surface area contributed by atoms with Crippen molar-refractivity contribution < 1.29 is 0 Å². The van der Waals surface area contributed by atoms with Gasteiger partial charge in [0.1, 0.15) is 5.01 Å². The molecule has 2 heterocycles. The van der Waals surface area contributed by atoms with Crippen LogP contribution in [0.25, 0.3) is 0 Å². The molecule has 0 bridgehead atoms. The second-order valence-electron chi connectivity index (χ2n) is 3.97. The number of hydrogen-bond donors (Lipinski definition) is 1. The van der Waals surface area contributed by atoms with Crippen molar-refractivity contribution in [1.82, 2.24) is 14.9 Å². The maximum atomic E-state index is 4.54. The van der Waals surface area contributed by atoms with Crippen LogP contribution in [-0.4, -0.2) is 16.6 Å². The van der Waals surface area contributed by atoms with Gasteiger partial charge in [0.2, 0.25) is 0 Å². The monoisotopic (exact) mass is 235 g/mol. The van der Waals surface area contributed by atoms with Gasteiger partial charge in [0, 0.05) is 23.8 Å². The van der Waals surface area contributed by atoms with Crippen molar-refractivity contribution in [3.05, 3.63) is 39.6 Å². The number of aryl methyl sites for hydroxylation is 2. The van der Waals surface area contributed by atoms with Gasteiger partial charge in [-0.15, -0.1) is 11.3 Å². The number of thiazole rings is 1. The Labute approximate surface area is 100 Å². The molecule has 0 unspecified atom stereocenters. The summed E-state index contributed by atoms with van der Waals surface area (Å²) in [7, 11) is 1.96. The molecule has 0 spiro atoms. The predicted octanol–water partition coefficient (Wildman–Crippen LogP) is 2.33. The van der Waals surface area contributed by atoms with Crippen molar-refractivity contribution in [3.63, 3.8) is 0 Å². The highest BCUT2D eigenvalue weighted by atomic mass is 32.1. The van der Waals surface area contributed by atoms with Gasteiger partial charge >= 0.3 is 0 Å². The Kier molecular flexibility index (Phi) is 3.41. The van der Waals surface area contributed by atoms with Gasteiger partial charge in [0.05, 0.1) is 12.2 Å². The van der Waals surface area contributed by atoms with E-state index in [4.69, 9.17) is 0 Å². The van der Waals surface area contributed by atoms with Crippen molar-refractivity contribution in [2.45, 2.75) is 26.9 Å². The second-order valence-corrected chi connectivity index (χ2v) is 5.26. The fourth-order valence-corrected chi connectivity index (χ4v) is 2.60. The van der Waals surface area contributed by atoms with Crippen LogP contribution in [0.15, 0.2) is 18.5 Å². The quantitative estimate of drug-likeness (QED) is 0.881. The van der Waals surface area contributed by atoms with Crippen LogP contribution in [0.2, 0.25) is 0 Å². The predicted molar refractivity (Wildman–Crippen MR) is 67.9 cm³/mol. The number of nitrogens with zero attached hydrogens (tertiary/aromatic N) is 2. The number of aromatic nitrogens is 2. The number of hydrogen-bond acceptors (Lipinski definition) is 3. The zero-order chi connectivity index (χ0) is 11.5. The lowest BCUT2D eigenvalue weighted by Gasteiger charge is -1.98. The molecule has 0 aliphatic heterocycles. The third-order valence-electron chi connectivity index (χ3n) is 2.58. The highest BCUT2D eigenvalue weighted by Crippen LogP contribution is 2.17. The molecule has 0 aromatic carbocycles. The Balaban J connectivity index is 2.08. The third-order valence-corrected chi connectivity index (χ3v) is 3.64. The summed E-state index contributed by atoms with van der Waals surface area (Å²) in [5.41, 5.74) is 2.47. The molecular formula is C12H17N3S.